The molecule has 0 radical (unpaired) electrons. The van der Waals surface area contributed by atoms with Crippen LogP contribution in [0.15, 0.2) is 18.2 Å². The molecule has 4 heteroatoms. The number of aryl methyl sites for hydroxylation is 1. The molecule has 0 aromatic heterocycles. The topological polar surface area (TPSA) is 64.3 Å². The molecule has 0 spiro atoms. The Morgan fingerprint density at radius 2 is 2.22 bits per heavy atom. The fraction of sp³-hybridized carbons (Fsp3) is 0.500. The summed E-state index contributed by atoms with van der Waals surface area (Å²) < 4.78 is 5.69. The van der Waals surface area contributed by atoms with Crippen molar-refractivity contribution in [2.75, 3.05) is 13.7 Å². The first-order valence-corrected chi connectivity index (χ1v) is 6.24. The minimum absolute atomic E-state index is 0.0370. The maximum atomic E-state index is 11.1. The summed E-state index contributed by atoms with van der Waals surface area (Å²) in [7, 11) is 1.64. The number of nitrogens with two attached hydrogens (primary N) is 1. The van der Waals surface area contributed by atoms with Gasteiger partial charge in [-0.2, -0.15) is 0 Å². The van der Waals surface area contributed by atoms with Gasteiger partial charge in [0.25, 0.3) is 0 Å². The minimum atomic E-state index is -0.0566. The number of nitrogens with one attached hydrogen (secondary N) is 1. The Morgan fingerprint density at radius 3 is 2.83 bits per heavy atom. The van der Waals surface area contributed by atoms with Crippen LogP contribution in [0.25, 0.3) is 0 Å². The number of rotatable bonds is 6. The fourth-order valence-corrected chi connectivity index (χ4v) is 1.70. The molecule has 0 bridgehead atoms. The quantitative estimate of drug-likeness (QED) is 0.758. The van der Waals surface area contributed by atoms with E-state index in [1.165, 1.54) is 5.56 Å². The van der Waals surface area contributed by atoms with Gasteiger partial charge in [0.15, 0.2) is 0 Å². The Labute approximate surface area is 109 Å². The van der Waals surface area contributed by atoms with E-state index in [1.54, 1.807) is 7.05 Å². The summed E-state index contributed by atoms with van der Waals surface area (Å²) in [6.45, 7) is 4.49. The molecule has 4 nitrogen and oxygen atoms in total. The van der Waals surface area contributed by atoms with E-state index in [9.17, 15) is 4.79 Å². The van der Waals surface area contributed by atoms with Gasteiger partial charge in [-0.15, -0.1) is 0 Å². The van der Waals surface area contributed by atoms with Crippen molar-refractivity contribution >= 4 is 5.91 Å². The lowest BCUT2D eigenvalue weighted by Gasteiger charge is -2.14. The van der Waals surface area contributed by atoms with Crippen molar-refractivity contribution < 1.29 is 9.53 Å². The van der Waals surface area contributed by atoms with Crippen LogP contribution in [0.5, 0.6) is 5.75 Å². The standard InChI is InChI=1S/C14H22N2O2/c1-10-6-7-13(12(9-10)11(2)15)18-8-4-5-14(17)16-3/h6-7,9,11H,4-5,8,15H2,1-3H3,(H,16,17). The Kier molecular flexibility index (Phi) is 5.65. The predicted octanol–water partition coefficient (Wildman–Crippen LogP) is 1.92. The van der Waals surface area contributed by atoms with Gasteiger partial charge in [0.05, 0.1) is 6.61 Å². The van der Waals surface area contributed by atoms with E-state index < -0.39 is 0 Å². The van der Waals surface area contributed by atoms with Gasteiger partial charge in [-0.3, -0.25) is 4.79 Å². The third-order valence-corrected chi connectivity index (χ3v) is 2.74. The van der Waals surface area contributed by atoms with E-state index in [0.29, 0.717) is 19.4 Å². The van der Waals surface area contributed by atoms with Crippen LogP contribution in [0.3, 0.4) is 0 Å². The summed E-state index contributed by atoms with van der Waals surface area (Å²) in [6.07, 6.45) is 1.18. The smallest absolute Gasteiger partial charge is 0.219 e. The van der Waals surface area contributed by atoms with Crippen molar-refractivity contribution in [2.24, 2.45) is 5.73 Å². The Bertz CT molecular complexity index is 403. The van der Waals surface area contributed by atoms with Gasteiger partial charge in [0.2, 0.25) is 5.91 Å². The van der Waals surface area contributed by atoms with E-state index in [-0.39, 0.29) is 11.9 Å². The van der Waals surface area contributed by atoms with Crippen LogP contribution in [-0.2, 0) is 4.79 Å². The third kappa shape index (κ3) is 4.37. The van der Waals surface area contributed by atoms with E-state index in [4.69, 9.17) is 10.5 Å². The molecule has 0 aliphatic carbocycles. The predicted molar refractivity (Wildman–Crippen MR) is 72.6 cm³/mol. The number of carbonyl (C=O) groups excluding carboxylic acids is 1. The summed E-state index contributed by atoms with van der Waals surface area (Å²) in [5, 5.41) is 2.59. The molecule has 0 fully saturated rings. The lowest BCUT2D eigenvalue weighted by atomic mass is 10.1. The summed E-state index contributed by atoms with van der Waals surface area (Å²) in [5.41, 5.74) is 8.09. The summed E-state index contributed by atoms with van der Waals surface area (Å²) in [4.78, 5) is 11.1. The van der Waals surface area contributed by atoms with Crippen LogP contribution >= 0.6 is 0 Å². The molecule has 1 atom stereocenters. The van der Waals surface area contributed by atoms with Crippen molar-refractivity contribution in [3.8, 4) is 5.75 Å². The van der Waals surface area contributed by atoms with Gasteiger partial charge in [-0.1, -0.05) is 17.7 Å². The largest absolute Gasteiger partial charge is 0.493 e. The first kappa shape index (κ1) is 14.5. The molecule has 0 heterocycles. The van der Waals surface area contributed by atoms with Crippen LogP contribution in [-0.4, -0.2) is 19.6 Å². The highest BCUT2D eigenvalue weighted by Crippen LogP contribution is 2.25. The van der Waals surface area contributed by atoms with Crippen molar-refractivity contribution in [1.29, 1.82) is 0 Å². The maximum Gasteiger partial charge on any atom is 0.219 e. The molecule has 0 aliphatic heterocycles. The highest BCUT2D eigenvalue weighted by Gasteiger charge is 2.08. The van der Waals surface area contributed by atoms with Crippen LogP contribution in [0.2, 0.25) is 0 Å². The molecule has 3 N–H and O–H groups in total. The average Bonchev–Trinajstić information content (AvgIpc) is 2.35. The van der Waals surface area contributed by atoms with Crippen LogP contribution < -0.4 is 15.8 Å². The van der Waals surface area contributed by atoms with E-state index in [0.717, 1.165) is 11.3 Å². The van der Waals surface area contributed by atoms with Gasteiger partial charge in [-0.25, -0.2) is 0 Å². The minimum Gasteiger partial charge on any atom is -0.493 e. The molecule has 0 aliphatic rings. The zero-order valence-corrected chi connectivity index (χ0v) is 11.3. The molecular formula is C14H22N2O2. The lowest BCUT2D eigenvalue weighted by molar-refractivity contribution is -0.120. The SMILES string of the molecule is CNC(=O)CCCOc1ccc(C)cc1C(C)N. The molecule has 100 valence electrons. The molecule has 0 saturated carbocycles. The van der Waals surface area contributed by atoms with Gasteiger partial charge in [-0.05, 0) is 26.3 Å². The molecule has 0 saturated heterocycles. The number of hydrogen-bond donors (Lipinski definition) is 2. The van der Waals surface area contributed by atoms with Crippen LogP contribution in [0, 0.1) is 6.92 Å². The average molecular weight is 250 g/mol. The van der Waals surface area contributed by atoms with Crippen LogP contribution in [0.1, 0.15) is 36.9 Å². The van der Waals surface area contributed by atoms with E-state index in [2.05, 4.69) is 5.32 Å². The Balaban J connectivity index is 2.54. The van der Waals surface area contributed by atoms with Gasteiger partial charge >= 0.3 is 0 Å². The van der Waals surface area contributed by atoms with E-state index in [1.807, 2.05) is 32.0 Å². The first-order valence-electron chi connectivity index (χ1n) is 6.24. The molecule has 1 amide bonds. The van der Waals surface area contributed by atoms with Crippen molar-refractivity contribution in [1.82, 2.24) is 5.32 Å². The fourth-order valence-electron chi connectivity index (χ4n) is 1.70. The molecule has 1 aromatic rings. The number of benzene rings is 1. The monoisotopic (exact) mass is 250 g/mol. The van der Waals surface area contributed by atoms with Gasteiger partial charge < -0.3 is 15.8 Å². The zero-order valence-electron chi connectivity index (χ0n) is 11.3. The van der Waals surface area contributed by atoms with Crippen molar-refractivity contribution in [3.63, 3.8) is 0 Å². The number of ether oxygens (including phenoxy) is 1. The molecule has 1 aromatic carbocycles. The summed E-state index contributed by atoms with van der Waals surface area (Å²) >= 11 is 0. The normalized spacial score (nSPS) is 12.0. The summed E-state index contributed by atoms with van der Waals surface area (Å²) in [6, 6.07) is 5.92. The van der Waals surface area contributed by atoms with Gasteiger partial charge in [0, 0.05) is 25.1 Å². The molecule has 18 heavy (non-hydrogen) atoms. The third-order valence-electron chi connectivity index (χ3n) is 2.74. The Morgan fingerprint density at radius 1 is 1.50 bits per heavy atom. The second kappa shape index (κ2) is 7.01. The van der Waals surface area contributed by atoms with E-state index >= 15 is 0 Å². The van der Waals surface area contributed by atoms with Crippen molar-refractivity contribution in [3.05, 3.63) is 29.3 Å². The summed E-state index contributed by atoms with van der Waals surface area (Å²) in [5.74, 6) is 0.849. The van der Waals surface area contributed by atoms with Crippen LogP contribution in [0.4, 0.5) is 0 Å². The maximum absolute atomic E-state index is 11.1. The first-order chi connectivity index (χ1) is 8.54. The highest BCUT2D eigenvalue weighted by molar-refractivity contribution is 5.75. The molecule has 1 unspecified atom stereocenters. The number of carbonyl (C=O) groups is 1. The zero-order chi connectivity index (χ0) is 13.5. The number of amides is 1. The van der Waals surface area contributed by atoms with Crippen molar-refractivity contribution in [2.45, 2.75) is 32.7 Å². The molecular weight excluding hydrogens is 228 g/mol. The Hall–Kier alpha value is -1.55. The highest BCUT2D eigenvalue weighted by atomic mass is 16.5. The molecule has 1 rings (SSSR count). The second-order valence-corrected chi connectivity index (χ2v) is 4.46. The van der Waals surface area contributed by atoms with Gasteiger partial charge in [0.1, 0.15) is 5.75 Å². The number of hydrogen-bond acceptors (Lipinski definition) is 3. The lowest BCUT2D eigenvalue weighted by Crippen LogP contribution is -2.18. The second-order valence-electron chi connectivity index (χ2n) is 4.46.